The molecule has 1 atom stereocenters. The Hall–Kier alpha value is -2.74. The molecule has 1 aliphatic heterocycles. The van der Waals surface area contributed by atoms with Crippen molar-refractivity contribution in [2.24, 2.45) is 0 Å². The highest BCUT2D eigenvalue weighted by molar-refractivity contribution is 7.92. The molecular formula is C15H13N3O4S. The standard InChI is InChI=1S/C15H13N3O4S/c1-10-18(15(20)17-13-8-4-5-9-16-13)14(19)11-6-2-3-7-12(11)23(10,21)22/h2-10H,1H3,(H,16,17,20). The normalized spacial score (nSPS) is 19.1. The van der Waals surface area contributed by atoms with Crippen LogP contribution in [-0.2, 0) is 9.84 Å². The van der Waals surface area contributed by atoms with Crippen molar-refractivity contribution in [3.63, 3.8) is 0 Å². The summed E-state index contributed by atoms with van der Waals surface area (Å²) in [5, 5.41) is 1.13. The highest BCUT2D eigenvalue weighted by Crippen LogP contribution is 2.30. The molecule has 1 aromatic heterocycles. The maximum atomic E-state index is 12.5. The number of carbonyl (C=O) groups is 2. The molecule has 118 valence electrons. The minimum Gasteiger partial charge on any atom is -0.292 e. The van der Waals surface area contributed by atoms with E-state index < -0.39 is 27.1 Å². The number of nitrogens with zero attached hydrogens (tertiary/aromatic N) is 2. The molecule has 0 spiro atoms. The van der Waals surface area contributed by atoms with E-state index in [4.69, 9.17) is 0 Å². The molecule has 0 fully saturated rings. The lowest BCUT2D eigenvalue weighted by molar-refractivity contribution is 0.0788. The van der Waals surface area contributed by atoms with Crippen LogP contribution in [0.5, 0.6) is 0 Å². The number of benzene rings is 1. The van der Waals surface area contributed by atoms with Gasteiger partial charge in [0.05, 0.1) is 10.5 Å². The predicted octanol–water partition coefficient (Wildman–Crippen LogP) is 1.89. The van der Waals surface area contributed by atoms with Crippen molar-refractivity contribution in [3.05, 3.63) is 54.2 Å². The Bertz CT molecular complexity index is 881. The average Bonchev–Trinajstić information content (AvgIpc) is 2.54. The highest BCUT2D eigenvalue weighted by Gasteiger charge is 2.44. The lowest BCUT2D eigenvalue weighted by atomic mass is 10.2. The van der Waals surface area contributed by atoms with Crippen molar-refractivity contribution in [3.8, 4) is 0 Å². The van der Waals surface area contributed by atoms with Crippen molar-refractivity contribution in [1.29, 1.82) is 0 Å². The van der Waals surface area contributed by atoms with Crippen LogP contribution in [0.3, 0.4) is 0 Å². The van der Waals surface area contributed by atoms with Crippen molar-refractivity contribution in [2.45, 2.75) is 17.2 Å². The molecule has 0 saturated heterocycles. The number of sulfone groups is 1. The molecule has 1 unspecified atom stereocenters. The third-order valence-electron chi connectivity index (χ3n) is 3.57. The van der Waals surface area contributed by atoms with Crippen LogP contribution in [0.2, 0.25) is 0 Å². The van der Waals surface area contributed by atoms with Crippen molar-refractivity contribution in [1.82, 2.24) is 9.88 Å². The van der Waals surface area contributed by atoms with Gasteiger partial charge in [0, 0.05) is 6.20 Å². The molecule has 0 saturated carbocycles. The first-order valence-corrected chi connectivity index (χ1v) is 8.36. The molecule has 1 aromatic carbocycles. The zero-order chi connectivity index (χ0) is 16.6. The van der Waals surface area contributed by atoms with Gasteiger partial charge < -0.3 is 0 Å². The summed E-state index contributed by atoms with van der Waals surface area (Å²) in [5.41, 5.74) is -0.0122. The van der Waals surface area contributed by atoms with Crippen molar-refractivity contribution in [2.75, 3.05) is 5.32 Å². The summed E-state index contributed by atoms with van der Waals surface area (Å²) in [6, 6.07) is 9.90. The molecule has 3 rings (SSSR count). The summed E-state index contributed by atoms with van der Waals surface area (Å²) in [5.74, 6) is -0.426. The van der Waals surface area contributed by atoms with E-state index in [0.717, 1.165) is 0 Å². The van der Waals surface area contributed by atoms with Crippen LogP contribution in [0.4, 0.5) is 10.6 Å². The maximum absolute atomic E-state index is 12.5. The highest BCUT2D eigenvalue weighted by atomic mass is 32.2. The lowest BCUT2D eigenvalue weighted by Crippen LogP contribution is -2.52. The molecule has 7 nitrogen and oxygen atoms in total. The fraction of sp³-hybridized carbons (Fsp3) is 0.133. The molecule has 0 radical (unpaired) electrons. The first kappa shape index (κ1) is 15.2. The van der Waals surface area contributed by atoms with Crippen LogP contribution in [-0.4, -0.2) is 35.6 Å². The molecule has 0 aliphatic carbocycles. The Morgan fingerprint density at radius 1 is 1.17 bits per heavy atom. The van der Waals surface area contributed by atoms with E-state index in [1.54, 1.807) is 30.3 Å². The van der Waals surface area contributed by atoms with E-state index in [-0.39, 0.29) is 16.3 Å². The number of fused-ring (bicyclic) bond motifs is 1. The molecule has 1 aliphatic rings. The third kappa shape index (κ3) is 2.46. The summed E-state index contributed by atoms with van der Waals surface area (Å²) in [6.07, 6.45) is 1.48. The van der Waals surface area contributed by atoms with Crippen LogP contribution >= 0.6 is 0 Å². The Kier molecular flexibility index (Phi) is 3.61. The minimum atomic E-state index is -3.82. The molecule has 1 N–H and O–H groups in total. The van der Waals surface area contributed by atoms with Crippen LogP contribution in [0.1, 0.15) is 17.3 Å². The van der Waals surface area contributed by atoms with E-state index in [1.165, 1.54) is 25.3 Å². The van der Waals surface area contributed by atoms with Crippen molar-refractivity contribution < 1.29 is 18.0 Å². The minimum absolute atomic E-state index is 0.0122. The summed E-state index contributed by atoms with van der Waals surface area (Å²) in [4.78, 5) is 29.5. The van der Waals surface area contributed by atoms with Gasteiger partial charge in [-0.1, -0.05) is 18.2 Å². The molecule has 3 amide bonds. The molecule has 2 heterocycles. The quantitative estimate of drug-likeness (QED) is 0.861. The topological polar surface area (TPSA) is 96.4 Å². The lowest BCUT2D eigenvalue weighted by Gasteiger charge is -2.32. The monoisotopic (exact) mass is 331 g/mol. The number of anilines is 1. The Labute approximate surface area is 132 Å². The maximum Gasteiger partial charge on any atom is 0.331 e. The number of carbonyl (C=O) groups excluding carboxylic acids is 2. The third-order valence-corrected chi connectivity index (χ3v) is 5.65. The fourth-order valence-corrected chi connectivity index (χ4v) is 3.94. The van der Waals surface area contributed by atoms with Crippen LogP contribution in [0, 0.1) is 0 Å². The van der Waals surface area contributed by atoms with E-state index >= 15 is 0 Å². The predicted molar refractivity (Wildman–Crippen MR) is 82.5 cm³/mol. The largest absolute Gasteiger partial charge is 0.331 e. The Balaban J connectivity index is 2.01. The second-order valence-electron chi connectivity index (χ2n) is 4.96. The van der Waals surface area contributed by atoms with E-state index in [2.05, 4.69) is 10.3 Å². The second kappa shape index (κ2) is 5.47. The smallest absolute Gasteiger partial charge is 0.292 e. The van der Waals surface area contributed by atoms with Gasteiger partial charge in [0.1, 0.15) is 11.2 Å². The second-order valence-corrected chi connectivity index (χ2v) is 7.17. The molecule has 0 bridgehead atoms. The number of hydrogen-bond donors (Lipinski definition) is 1. The first-order chi connectivity index (χ1) is 10.9. The van der Waals surface area contributed by atoms with Crippen LogP contribution in [0.15, 0.2) is 53.6 Å². The van der Waals surface area contributed by atoms with Gasteiger partial charge in [0.25, 0.3) is 5.91 Å². The van der Waals surface area contributed by atoms with Gasteiger partial charge in [-0.15, -0.1) is 0 Å². The fourth-order valence-electron chi connectivity index (χ4n) is 2.37. The van der Waals surface area contributed by atoms with E-state index in [1.807, 2.05) is 0 Å². The Morgan fingerprint density at radius 2 is 1.87 bits per heavy atom. The summed E-state index contributed by atoms with van der Waals surface area (Å²) < 4.78 is 25.1. The molecule has 23 heavy (non-hydrogen) atoms. The van der Waals surface area contributed by atoms with Crippen LogP contribution < -0.4 is 5.32 Å². The first-order valence-electron chi connectivity index (χ1n) is 6.81. The van der Waals surface area contributed by atoms with E-state index in [0.29, 0.717) is 4.90 Å². The zero-order valence-corrected chi connectivity index (χ0v) is 12.9. The average molecular weight is 331 g/mol. The van der Waals surface area contributed by atoms with Crippen LogP contribution in [0.25, 0.3) is 0 Å². The molecule has 2 aromatic rings. The van der Waals surface area contributed by atoms with Gasteiger partial charge in [0.15, 0.2) is 0 Å². The van der Waals surface area contributed by atoms with E-state index in [9.17, 15) is 18.0 Å². The number of amides is 3. The summed E-state index contributed by atoms with van der Waals surface area (Å²) in [7, 11) is -3.82. The number of urea groups is 1. The number of imide groups is 1. The number of rotatable bonds is 1. The van der Waals surface area contributed by atoms with Gasteiger partial charge in [0.2, 0.25) is 9.84 Å². The SMILES string of the molecule is CC1N(C(=O)Nc2ccccn2)C(=O)c2ccccc2S1(=O)=O. The summed E-state index contributed by atoms with van der Waals surface area (Å²) in [6.45, 7) is 1.31. The number of pyridine rings is 1. The molecule has 8 heteroatoms. The van der Waals surface area contributed by atoms with Gasteiger partial charge in [-0.2, -0.15) is 0 Å². The Morgan fingerprint density at radius 3 is 2.57 bits per heavy atom. The van der Waals surface area contributed by atoms with Gasteiger partial charge in [-0.3, -0.25) is 10.1 Å². The van der Waals surface area contributed by atoms with Gasteiger partial charge in [-0.05, 0) is 31.2 Å². The number of aromatic nitrogens is 1. The van der Waals surface area contributed by atoms with Gasteiger partial charge in [-0.25, -0.2) is 23.1 Å². The summed E-state index contributed by atoms with van der Waals surface area (Å²) >= 11 is 0. The van der Waals surface area contributed by atoms with Crippen molar-refractivity contribution >= 4 is 27.6 Å². The number of nitrogens with one attached hydrogen (secondary N) is 1. The zero-order valence-electron chi connectivity index (χ0n) is 12.1. The number of hydrogen-bond acceptors (Lipinski definition) is 5. The molecular weight excluding hydrogens is 318 g/mol. The van der Waals surface area contributed by atoms with Gasteiger partial charge >= 0.3 is 6.03 Å².